The first-order valence-electron chi connectivity index (χ1n) is 8.13. The fraction of sp³-hybridized carbons (Fsp3) is 0.211. The maximum Gasteiger partial charge on any atom is 0.262 e. The van der Waals surface area contributed by atoms with E-state index in [0.29, 0.717) is 15.6 Å². The monoisotopic (exact) mass is 409 g/mol. The molecular formula is C19H18Cl2FN3O2. The van der Waals surface area contributed by atoms with Crippen LogP contribution in [-0.4, -0.2) is 24.1 Å². The molecular weight excluding hydrogens is 392 g/mol. The van der Waals surface area contributed by atoms with E-state index in [1.807, 2.05) is 0 Å². The van der Waals surface area contributed by atoms with Gasteiger partial charge in [-0.2, -0.15) is 5.10 Å². The van der Waals surface area contributed by atoms with Gasteiger partial charge in [0, 0.05) is 5.56 Å². The predicted octanol–water partition coefficient (Wildman–Crippen LogP) is 4.04. The van der Waals surface area contributed by atoms with Gasteiger partial charge in [-0.05, 0) is 24.1 Å². The van der Waals surface area contributed by atoms with E-state index >= 15 is 0 Å². The van der Waals surface area contributed by atoms with Crippen LogP contribution in [0.15, 0.2) is 47.6 Å². The summed E-state index contributed by atoms with van der Waals surface area (Å²) < 4.78 is 13.7. The van der Waals surface area contributed by atoms with E-state index in [1.54, 1.807) is 38.1 Å². The van der Waals surface area contributed by atoms with Gasteiger partial charge in [0.25, 0.3) is 11.8 Å². The van der Waals surface area contributed by atoms with E-state index in [-0.39, 0.29) is 11.5 Å². The molecule has 0 heterocycles. The van der Waals surface area contributed by atoms with Gasteiger partial charge < -0.3 is 5.32 Å². The van der Waals surface area contributed by atoms with Crippen LogP contribution in [0.1, 0.15) is 29.8 Å². The topological polar surface area (TPSA) is 70.6 Å². The smallest absolute Gasteiger partial charge is 0.262 e. The molecule has 5 nitrogen and oxygen atoms in total. The Morgan fingerprint density at radius 3 is 2.48 bits per heavy atom. The first kappa shape index (κ1) is 20.9. The van der Waals surface area contributed by atoms with Crippen LogP contribution in [-0.2, 0) is 4.79 Å². The molecule has 2 aromatic carbocycles. The van der Waals surface area contributed by atoms with Gasteiger partial charge in [0.1, 0.15) is 11.9 Å². The minimum Gasteiger partial charge on any atom is -0.340 e. The lowest BCUT2D eigenvalue weighted by Gasteiger charge is -2.20. The molecule has 1 unspecified atom stereocenters. The van der Waals surface area contributed by atoms with Gasteiger partial charge in [0.15, 0.2) is 0 Å². The highest BCUT2D eigenvalue weighted by Crippen LogP contribution is 2.24. The van der Waals surface area contributed by atoms with Crippen molar-refractivity contribution in [2.45, 2.75) is 19.9 Å². The molecule has 2 amide bonds. The van der Waals surface area contributed by atoms with Crippen molar-refractivity contribution in [3.8, 4) is 0 Å². The number of benzene rings is 2. The quantitative estimate of drug-likeness (QED) is 0.558. The number of hydrazone groups is 1. The van der Waals surface area contributed by atoms with Crippen molar-refractivity contribution >= 4 is 41.2 Å². The summed E-state index contributed by atoms with van der Waals surface area (Å²) in [5, 5.41) is 7.06. The van der Waals surface area contributed by atoms with Crippen LogP contribution in [0, 0.1) is 11.7 Å². The summed E-state index contributed by atoms with van der Waals surface area (Å²) in [5.41, 5.74) is 2.75. The third-order valence-electron chi connectivity index (χ3n) is 3.71. The van der Waals surface area contributed by atoms with Crippen molar-refractivity contribution < 1.29 is 14.0 Å². The van der Waals surface area contributed by atoms with E-state index < -0.39 is 23.7 Å². The molecule has 2 aromatic rings. The first-order valence-corrected chi connectivity index (χ1v) is 8.89. The minimum absolute atomic E-state index is 0.134. The number of hydrogen-bond donors (Lipinski definition) is 2. The fourth-order valence-corrected chi connectivity index (χ4v) is 2.61. The van der Waals surface area contributed by atoms with Crippen molar-refractivity contribution in [2.75, 3.05) is 0 Å². The van der Waals surface area contributed by atoms with Crippen LogP contribution >= 0.6 is 23.2 Å². The Bertz CT molecular complexity index is 872. The summed E-state index contributed by atoms with van der Waals surface area (Å²) in [6.45, 7) is 3.51. The summed E-state index contributed by atoms with van der Waals surface area (Å²) in [5.74, 6) is -2.12. The number of nitrogens with one attached hydrogen (secondary N) is 2. The third-order valence-corrected chi connectivity index (χ3v) is 4.55. The molecule has 0 fully saturated rings. The summed E-state index contributed by atoms with van der Waals surface area (Å²) in [7, 11) is 0. The number of carbonyl (C=O) groups is 2. The molecule has 0 saturated carbocycles. The average molecular weight is 410 g/mol. The molecule has 0 aliphatic carbocycles. The van der Waals surface area contributed by atoms with E-state index in [1.165, 1.54) is 24.4 Å². The Labute approximate surface area is 166 Å². The summed E-state index contributed by atoms with van der Waals surface area (Å²) in [6, 6.07) is 9.66. The molecule has 0 saturated heterocycles. The molecule has 1 atom stereocenters. The lowest BCUT2D eigenvalue weighted by atomic mass is 10.0. The maximum atomic E-state index is 13.7. The normalized spacial score (nSPS) is 12.2. The lowest BCUT2D eigenvalue weighted by Crippen LogP contribution is -2.48. The molecule has 0 spiro atoms. The molecule has 0 radical (unpaired) electrons. The molecule has 0 bridgehead atoms. The van der Waals surface area contributed by atoms with E-state index in [9.17, 15) is 14.0 Å². The van der Waals surface area contributed by atoms with Gasteiger partial charge in [-0.1, -0.05) is 61.3 Å². The molecule has 2 N–H and O–H groups in total. The van der Waals surface area contributed by atoms with Crippen molar-refractivity contribution in [3.05, 3.63) is 69.5 Å². The van der Waals surface area contributed by atoms with E-state index in [2.05, 4.69) is 15.8 Å². The SMILES string of the molecule is CC(C)C(NC(=O)c1ccccc1F)C(=O)NN=Cc1cccc(Cl)c1Cl. The maximum absolute atomic E-state index is 13.7. The number of carbonyl (C=O) groups excluding carboxylic acids is 2. The van der Waals surface area contributed by atoms with Crippen LogP contribution in [0.4, 0.5) is 4.39 Å². The summed E-state index contributed by atoms with van der Waals surface area (Å²) in [4.78, 5) is 24.6. The number of nitrogens with zero attached hydrogens (tertiary/aromatic N) is 1. The van der Waals surface area contributed by atoms with E-state index in [4.69, 9.17) is 23.2 Å². The number of halogens is 3. The summed E-state index contributed by atoms with van der Waals surface area (Å²) in [6.07, 6.45) is 1.35. The summed E-state index contributed by atoms with van der Waals surface area (Å²) >= 11 is 12.0. The van der Waals surface area contributed by atoms with Crippen LogP contribution in [0.3, 0.4) is 0 Å². The lowest BCUT2D eigenvalue weighted by molar-refractivity contribution is -0.123. The second kappa shape index (κ2) is 9.48. The van der Waals surface area contributed by atoms with Gasteiger partial charge in [-0.3, -0.25) is 9.59 Å². The second-order valence-corrected chi connectivity index (χ2v) is 6.84. The Kier molecular flexibility index (Phi) is 7.33. The van der Waals surface area contributed by atoms with Crippen LogP contribution in [0.25, 0.3) is 0 Å². The average Bonchev–Trinajstić information content (AvgIpc) is 2.63. The zero-order chi connectivity index (χ0) is 20.0. The van der Waals surface area contributed by atoms with Crippen molar-refractivity contribution in [1.29, 1.82) is 0 Å². The van der Waals surface area contributed by atoms with Gasteiger partial charge >= 0.3 is 0 Å². The van der Waals surface area contributed by atoms with Crippen LogP contribution < -0.4 is 10.7 Å². The van der Waals surface area contributed by atoms with Gasteiger partial charge in [0.2, 0.25) is 0 Å². The number of rotatable bonds is 6. The van der Waals surface area contributed by atoms with Gasteiger partial charge in [-0.25, -0.2) is 9.82 Å². The molecule has 0 aromatic heterocycles. The molecule has 27 heavy (non-hydrogen) atoms. The zero-order valence-electron chi connectivity index (χ0n) is 14.7. The van der Waals surface area contributed by atoms with Gasteiger partial charge in [0.05, 0.1) is 21.8 Å². The van der Waals surface area contributed by atoms with Crippen LogP contribution in [0.5, 0.6) is 0 Å². The standard InChI is InChI=1S/C19H18Cl2FN3O2/c1-11(2)17(24-18(26)13-7-3-4-9-15(13)22)19(27)25-23-10-12-6-5-8-14(20)16(12)21/h3-11,17H,1-2H3,(H,24,26)(H,25,27). The molecule has 0 aliphatic rings. The molecule has 8 heteroatoms. The first-order chi connectivity index (χ1) is 12.8. The van der Waals surface area contributed by atoms with Crippen molar-refractivity contribution in [3.63, 3.8) is 0 Å². The Balaban J connectivity index is 2.07. The van der Waals surface area contributed by atoms with E-state index in [0.717, 1.165) is 0 Å². The van der Waals surface area contributed by atoms with Crippen molar-refractivity contribution in [2.24, 2.45) is 11.0 Å². The molecule has 0 aliphatic heterocycles. The number of amides is 2. The van der Waals surface area contributed by atoms with Gasteiger partial charge in [-0.15, -0.1) is 0 Å². The Morgan fingerprint density at radius 2 is 1.81 bits per heavy atom. The number of hydrogen-bond acceptors (Lipinski definition) is 3. The highest BCUT2D eigenvalue weighted by molar-refractivity contribution is 6.43. The van der Waals surface area contributed by atoms with Crippen molar-refractivity contribution in [1.82, 2.24) is 10.7 Å². The third kappa shape index (κ3) is 5.52. The predicted molar refractivity (Wildman–Crippen MR) is 105 cm³/mol. The highest BCUT2D eigenvalue weighted by Gasteiger charge is 2.25. The highest BCUT2D eigenvalue weighted by atomic mass is 35.5. The second-order valence-electron chi connectivity index (χ2n) is 6.05. The Morgan fingerprint density at radius 1 is 1.11 bits per heavy atom. The van der Waals surface area contributed by atoms with Crippen LogP contribution in [0.2, 0.25) is 10.0 Å². The Hall–Kier alpha value is -2.44. The minimum atomic E-state index is -0.899. The fourth-order valence-electron chi connectivity index (χ4n) is 2.25. The largest absolute Gasteiger partial charge is 0.340 e. The molecule has 2 rings (SSSR count). The zero-order valence-corrected chi connectivity index (χ0v) is 16.2. The molecule has 142 valence electrons.